The van der Waals surface area contributed by atoms with Gasteiger partial charge in [-0.25, -0.2) is 0 Å². The summed E-state index contributed by atoms with van der Waals surface area (Å²) in [7, 11) is 0. The van der Waals surface area contributed by atoms with Crippen molar-refractivity contribution in [1.29, 1.82) is 0 Å². The van der Waals surface area contributed by atoms with Crippen molar-refractivity contribution < 1.29 is 25.2 Å². The predicted octanol–water partition coefficient (Wildman–Crippen LogP) is 4.98. The molecule has 258 valence electrons. The van der Waals surface area contributed by atoms with Crippen LogP contribution in [0.4, 0.5) is 0 Å². The van der Waals surface area contributed by atoms with E-state index >= 15 is 0 Å². The highest BCUT2D eigenvalue weighted by Crippen LogP contribution is 2.53. The number of fused-ring (bicyclic) bond motifs is 1. The minimum Gasteiger partial charge on any atom is -0.481 e. The van der Waals surface area contributed by atoms with Crippen LogP contribution in [-0.2, 0) is 4.79 Å². The Kier molecular flexibility index (Phi) is 14.4. The lowest BCUT2D eigenvalue weighted by Gasteiger charge is -2.40. The molecule has 0 spiro atoms. The van der Waals surface area contributed by atoms with Crippen molar-refractivity contribution in [1.82, 2.24) is 10.6 Å². The minimum atomic E-state index is -1.02. The molecular weight excluding hydrogens is 566 g/mol. The van der Waals surface area contributed by atoms with Gasteiger partial charge in [0.15, 0.2) is 0 Å². The third kappa shape index (κ3) is 10.1. The van der Waals surface area contributed by atoms with Gasteiger partial charge in [-0.15, -0.1) is 0 Å². The summed E-state index contributed by atoms with van der Waals surface area (Å²) < 4.78 is 0. The van der Waals surface area contributed by atoms with Gasteiger partial charge in [0.25, 0.3) is 0 Å². The molecule has 8 N–H and O–H groups in total. The average molecular weight is 632 g/mol. The number of aliphatic hydroxyl groups excluding tert-OH is 2. The van der Waals surface area contributed by atoms with Crippen molar-refractivity contribution in [2.24, 2.45) is 53.1 Å². The monoisotopic (exact) mass is 631 g/mol. The van der Waals surface area contributed by atoms with Crippen LogP contribution in [0.1, 0.15) is 110 Å². The molecule has 12 atom stereocenters. The topological polar surface area (TPSA) is 148 Å². The minimum absolute atomic E-state index is 0.0230. The van der Waals surface area contributed by atoms with Crippen LogP contribution in [0, 0.1) is 47.3 Å². The molecule has 3 aliphatic carbocycles. The molecule has 4 aliphatic rings. The molecule has 0 bridgehead atoms. The molecule has 0 amide bonds. The van der Waals surface area contributed by atoms with Crippen molar-refractivity contribution in [3.05, 3.63) is 24.3 Å². The van der Waals surface area contributed by atoms with E-state index in [0.29, 0.717) is 42.9 Å². The number of carboxylic acid groups (broad SMARTS) is 1. The molecule has 8 heteroatoms. The quantitative estimate of drug-likeness (QED) is 0.0828. The molecule has 45 heavy (non-hydrogen) atoms. The van der Waals surface area contributed by atoms with Gasteiger partial charge in [-0.2, -0.15) is 0 Å². The standard InChI is InChI=1S/C37H65N3O5/c1-3-5-7-10-25-13-14-27(33(41)20-25)11-8-6-9-12-30(36(43)44)35(42)28-15-16-32-31(19-26-17-18-40-34(38)21-26)29(24-39-4-2)23-37(32,45)22-28/h13-16,25-35,39-42,45H,3-12,17-24,38H2,1-2H3,(H,43,44)/t25-,26?,27+,28-,29+,30-,31+,32-,33+,34?,35+,37-/m0/s1. The first kappa shape index (κ1) is 36.5. The zero-order valence-corrected chi connectivity index (χ0v) is 28.2. The van der Waals surface area contributed by atoms with Crippen LogP contribution in [0.2, 0.25) is 0 Å². The number of hydrogen-bond acceptors (Lipinski definition) is 7. The van der Waals surface area contributed by atoms with Crippen LogP contribution in [0.25, 0.3) is 0 Å². The summed E-state index contributed by atoms with van der Waals surface area (Å²) in [5, 5.41) is 51.0. The van der Waals surface area contributed by atoms with Crippen molar-refractivity contribution in [2.75, 3.05) is 19.6 Å². The fourth-order valence-electron chi connectivity index (χ4n) is 9.28. The number of aliphatic carboxylic acids is 1. The lowest BCUT2D eigenvalue weighted by molar-refractivity contribution is -0.148. The van der Waals surface area contributed by atoms with Crippen LogP contribution < -0.4 is 16.4 Å². The first-order valence-electron chi connectivity index (χ1n) is 18.5. The van der Waals surface area contributed by atoms with E-state index in [2.05, 4.69) is 42.7 Å². The second-order valence-corrected chi connectivity index (χ2v) is 15.2. The van der Waals surface area contributed by atoms with Crippen molar-refractivity contribution >= 4 is 5.97 Å². The smallest absolute Gasteiger partial charge is 0.309 e. The van der Waals surface area contributed by atoms with Crippen molar-refractivity contribution in [2.45, 2.75) is 134 Å². The van der Waals surface area contributed by atoms with E-state index in [4.69, 9.17) is 5.73 Å². The number of carbonyl (C=O) groups is 1. The van der Waals surface area contributed by atoms with Crippen LogP contribution in [0.3, 0.4) is 0 Å². The van der Waals surface area contributed by atoms with Crippen LogP contribution >= 0.6 is 0 Å². The second-order valence-electron chi connectivity index (χ2n) is 15.2. The summed E-state index contributed by atoms with van der Waals surface area (Å²) in [6, 6.07) is 0. The van der Waals surface area contributed by atoms with Gasteiger partial charge in [0, 0.05) is 17.8 Å². The van der Waals surface area contributed by atoms with Gasteiger partial charge in [0.2, 0.25) is 0 Å². The van der Waals surface area contributed by atoms with E-state index in [-0.39, 0.29) is 30.0 Å². The Labute approximate surface area is 272 Å². The van der Waals surface area contributed by atoms with E-state index in [1.165, 1.54) is 19.3 Å². The molecule has 1 saturated heterocycles. The number of allylic oxidation sites excluding steroid dienone is 1. The third-order valence-electron chi connectivity index (χ3n) is 11.8. The Bertz CT molecular complexity index is 960. The molecule has 0 aromatic heterocycles. The maximum atomic E-state index is 12.3. The van der Waals surface area contributed by atoms with Crippen LogP contribution in [0.15, 0.2) is 24.3 Å². The first-order valence-corrected chi connectivity index (χ1v) is 18.5. The summed E-state index contributed by atoms with van der Waals surface area (Å²) in [4.78, 5) is 12.3. The number of rotatable bonds is 18. The molecular formula is C37H65N3O5. The zero-order valence-electron chi connectivity index (χ0n) is 28.2. The van der Waals surface area contributed by atoms with E-state index < -0.39 is 23.6 Å². The number of piperidine rings is 1. The summed E-state index contributed by atoms with van der Waals surface area (Å²) in [6.45, 7) is 7.01. The molecule has 1 heterocycles. The van der Waals surface area contributed by atoms with Crippen molar-refractivity contribution in [3.8, 4) is 0 Å². The van der Waals surface area contributed by atoms with Gasteiger partial charge < -0.3 is 36.8 Å². The highest BCUT2D eigenvalue weighted by molar-refractivity contribution is 5.70. The Hall–Kier alpha value is -1.29. The van der Waals surface area contributed by atoms with Crippen LogP contribution in [0.5, 0.6) is 0 Å². The summed E-state index contributed by atoms with van der Waals surface area (Å²) in [6.07, 6.45) is 21.2. The highest BCUT2D eigenvalue weighted by atomic mass is 16.4. The lowest BCUT2D eigenvalue weighted by atomic mass is 9.69. The Morgan fingerprint density at radius 3 is 2.56 bits per heavy atom. The Morgan fingerprint density at radius 2 is 1.84 bits per heavy atom. The number of aliphatic hydroxyl groups is 3. The number of carboxylic acids is 1. The molecule has 1 saturated carbocycles. The van der Waals surface area contributed by atoms with Gasteiger partial charge >= 0.3 is 5.97 Å². The third-order valence-corrected chi connectivity index (χ3v) is 11.8. The van der Waals surface area contributed by atoms with E-state index in [0.717, 1.165) is 77.4 Å². The van der Waals surface area contributed by atoms with Gasteiger partial charge in [0.05, 0.1) is 29.9 Å². The van der Waals surface area contributed by atoms with Gasteiger partial charge in [0.1, 0.15) is 0 Å². The number of nitrogens with one attached hydrogen (secondary N) is 2. The van der Waals surface area contributed by atoms with Crippen LogP contribution in [-0.4, -0.2) is 70.0 Å². The summed E-state index contributed by atoms with van der Waals surface area (Å²) >= 11 is 0. The van der Waals surface area contributed by atoms with E-state index in [9.17, 15) is 25.2 Å². The predicted molar refractivity (Wildman–Crippen MR) is 180 cm³/mol. The zero-order chi connectivity index (χ0) is 32.4. The Morgan fingerprint density at radius 1 is 1.04 bits per heavy atom. The lowest BCUT2D eigenvalue weighted by Crippen LogP contribution is -2.46. The highest BCUT2D eigenvalue weighted by Gasteiger charge is 2.54. The van der Waals surface area contributed by atoms with E-state index in [1.54, 1.807) is 0 Å². The summed E-state index contributed by atoms with van der Waals surface area (Å²) in [5.74, 6) is -0.255. The largest absolute Gasteiger partial charge is 0.481 e. The number of unbranched alkanes of at least 4 members (excludes halogenated alkanes) is 4. The molecule has 0 aromatic carbocycles. The van der Waals surface area contributed by atoms with E-state index in [1.807, 2.05) is 6.08 Å². The van der Waals surface area contributed by atoms with Gasteiger partial charge in [-0.05, 0) is 101 Å². The molecule has 1 aliphatic heterocycles. The Balaban J connectivity index is 1.28. The first-order chi connectivity index (χ1) is 21.6. The fraction of sp³-hybridized carbons (Fsp3) is 0.865. The maximum absolute atomic E-state index is 12.3. The molecule has 4 rings (SSSR count). The summed E-state index contributed by atoms with van der Waals surface area (Å²) in [5.41, 5.74) is 5.29. The molecule has 0 radical (unpaired) electrons. The molecule has 2 unspecified atom stereocenters. The maximum Gasteiger partial charge on any atom is 0.309 e. The second kappa shape index (κ2) is 17.7. The fourth-order valence-corrected chi connectivity index (χ4v) is 9.28. The average Bonchev–Trinajstić information content (AvgIpc) is 3.28. The normalized spacial score (nSPS) is 37.8. The molecule has 0 aromatic rings. The molecule has 2 fully saturated rings. The van der Waals surface area contributed by atoms with Gasteiger partial charge in [-0.3, -0.25) is 4.79 Å². The van der Waals surface area contributed by atoms with Crippen molar-refractivity contribution in [3.63, 3.8) is 0 Å². The van der Waals surface area contributed by atoms with Gasteiger partial charge in [-0.1, -0.05) is 76.7 Å². The number of nitrogens with two attached hydrogens (primary N) is 1. The number of hydrogen-bond donors (Lipinski definition) is 7. The molecule has 8 nitrogen and oxygen atoms in total. The SMILES string of the molecule is CCCCC[C@H]1C=C[C@@H](CCCCC[C@H](C(=O)O)[C@H](O)[C@H]2C=C[C@H]3[C@H](CC4CCNC(N)C4)[C@@H](CNCC)C[C@@]3(O)C2)[C@H](O)C1.